The molecule has 1 nitrogen and oxygen atoms in total. The van der Waals surface area contributed by atoms with Crippen molar-refractivity contribution < 1.29 is 5.11 Å². The van der Waals surface area contributed by atoms with E-state index in [1.165, 1.54) is 6.42 Å². The zero-order valence-corrected chi connectivity index (χ0v) is 7.84. The largest absolute Gasteiger partial charge is 0.385 e. The van der Waals surface area contributed by atoms with Crippen LogP contribution in [0.5, 0.6) is 0 Å². The predicted octanol–water partition coefficient (Wildman–Crippen LogP) is 2.67. The van der Waals surface area contributed by atoms with Crippen LogP contribution < -0.4 is 0 Å². The summed E-state index contributed by atoms with van der Waals surface area (Å²) in [6.45, 7) is 9.52. The van der Waals surface area contributed by atoms with Gasteiger partial charge in [0.2, 0.25) is 0 Å². The minimum atomic E-state index is -0.667. The summed E-state index contributed by atoms with van der Waals surface area (Å²) in [7, 11) is 0. The fourth-order valence-electron chi connectivity index (χ4n) is 2.03. The highest BCUT2D eigenvalue weighted by Gasteiger charge is 2.37. The topological polar surface area (TPSA) is 20.2 Å². The Labute approximate surface area is 74.8 Å². The molecule has 1 fully saturated rings. The molecule has 0 radical (unpaired) electrons. The molecule has 1 aliphatic carbocycles. The van der Waals surface area contributed by atoms with E-state index >= 15 is 0 Å². The first-order valence-electron chi connectivity index (χ1n) is 4.62. The second kappa shape index (κ2) is 3.44. The summed E-state index contributed by atoms with van der Waals surface area (Å²) in [5, 5.41) is 10.2. The highest BCUT2D eigenvalue weighted by molar-refractivity contribution is 5.16. The Balaban J connectivity index is 2.82. The molecule has 0 spiro atoms. The van der Waals surface area contributed by atoms with Crippen LogP contribution in [-0.2, 0) is 0 Å². The van der Waals surface area contributed by atoms with Crippen molar-refractivity contribution in [1.29, 1.82) is 0 Å². The van der Waals surface area contributed by atoms with Crippen LogP contribution in [0, 0.1) is 5.92 Å². The van der Waals surface area contributed by atoms with Crippen LogP contribution in [0.4, 0.5) is 0 Å². The van der Waals surface area contributed by atoms with Crippen molar-refractivity contribution in [2.45, 2.75) is 38.2 Å². The van der Waals surface area contributed by atoms with Crippen molar-refractivity contribution in [1.82, 2.24) is 0 Å². The molecule has 68 valence electrons. The van der Waals surface area contributed by atoms with E-state index in [0.717, 1.165) is 24.8 Å². The highest BCUT2D eigenvalue weighted by Crippen LogP contribution is 2.38. The molecular formula is C11H18O. The average molecular weight is 166 g/mol. The summed E-state index contributed by atoms with van der Waals surface area (Å²) in [6, 6.07) is 0. The van der Waals surface area contributed by atoms with E-state index in [1.807, 2.05) is 13.0 Å². The summed E-state index contributed by atoms with van der Waals surface area (Å²) in [4.78, 5) is 0. The van der Waals surface area contributed by atoms with E-state index in [-0.39, 0.29) is 5.92 Å². The number of rotatable bonds is 2. The molecule has 12 heavy (non-hydrogen) atoms. The summed E-state index contributed by atoms with van der Waals surface area (Å²) in [5.74, 6) is 0.212. The third-order valence-corrected chi connectivity index (χ3v) is 2.96. The molecule has 0 aromatic rings. The third kappa shape index (κ3) is 1.46. The van der Waals surface area contributed by atoms with Gasteiger partial charge in [0.15, 0.2) is 0 Å². The van der Waals surface area contributed by atoms with Crippen molar-refractivity contribution in [2.24, 2.45) is 5.92 Å². The van der Waals surface area contributed by atoms with Crippen LogP contribution in [0.2, 0.25) is 0 Å². The molecule has 2 atom stereocenters. The normalized spacial score (nSPS) is 36.0. The highest BCUT2D eigenvalue weighted by atomic mass is 16.3. The Morgan fingerprint density at radius 1 is 1.58 bits per heavy atom. The Kier molecular flexibility index (Phi) is 2.73. The van der Waals surface area contributed by atoms with Gasteiger partial charge in [-0.2, -0.15) is 0 Å². The lowest BCUT2D eigenvalue weighted by molar-refractivity contribution is 0.00515. The number of hydrogen-bond donors (Lipinski definition) is 1. The molecule has 0 aromatic carbocycles. The van der Waals surface area contributed by atoms with Gasteiger partial charge >= 0.3 is 0 Å². The van der Waals surface area contributed by atoms with E-state index in [9.17, 15) is 5.11 Å². The fourth-order valence-corrected chi connectivity index (χ4v) is 2.03. The Bertz CT molecular complexity index is 195. The molecule has 0 amide bonds. The molecule has 0 aromatic heterocycles. The molecule has 1 saturated carbocycles. The van der Waals surface area contributed by atoms with Gasteiger partial charge in [0.1, 0.15) is 0 Å². The smallest absolute Gasteiger partial charge is 0.0913 e. The second-order valence-electron chi connectivity index (χ2n) is 3.79. The Hall–Kier alpha value is -0.560. The van der Waals surface area contributed by atoms with Gasteiger partial charge in [0.05, 0.1) is 5.60 Å². The van der Waals surface area contributed by atoms with E-state index in [0.29, 0.717) is 0 Å². The first-order valence-corrected chi connectivity index (χ1v) is 4.62. The molecule has 0 aliphatic heterocycles. The monoisotopic (exact) mass is 166 g/mol. The van der Waals surface area contributed by atoms with Crippen molar-refractivity contribution in [2.75, 3.05) is 0 Å². The standard InChI is InChI=1S/C11H18O/c1-4-10-7-5-6-8-11(10,12)9(2)3/h4,10,12H,1-2,5-8H2,3H3. The predicted molar refractivity (Wildman–Crippen MR) is 51.9 cm³/mol. The van der Waals surface area contributed by atoms with E-state index in [1.54, 1.807) is 0 Å². The van der Waals surface area contributed by atoms with Gasteiger partial charge in [0.25, 0.3) is 0 Å². The fraction of sp³-hybridized carbons (Fsp3) is 0.636. The van der Waals surface area contributed by atoms with Crippen LogP contribution in [0.25, 0.3) is 0 Å². The van der Waals surface area contributed by atoms with Crippen LogP contribution in [-0.4, -0.2) is 10.7 Å². The van der Waals surface area contributed by atoms with E-state index in [4.69, 9.17) is 0 Å². The van der Waals surface area contributed by atoms with E-state index < -0.39 is 5.60 Å². The van der Waals surface area contributed by atoms with Gasteiger partial charge in [-0.05, 0) is 25.3 Å². The lowest BCUT2D eigenvalue weighted by Crippen LogP contribution is -2.40. The third-order valence-electron chi connectivity index (χ3n) is 2.96. The quantitative estimate of drug-likeness (QED) is 0.625. The molecule has 1 aliphatic rings. The van der Waals surface area contributed by atoms with Crippen molar-refractivity contribution in [3.05, 3.63) is 24.8 Å². The number of aliphatic hydroxyl groups is 1. The molecule has 1 N–H and O–H groups in total. The minimum Gasteiger partial charge on any atom is -0.385 e. The van der Waals surface area contributed by atoms with Gasteiger partial charge in [-0.3, -0.25) is 0 Å². The van der Waals surface area contributed by atoms with Crippen molar-refractivity contribution in [3.63, 3.8) is 0 Å². The van der Waals surface area contributed by atoms with Gasteiger partial charge in [-0.1, -0.05) is 25.5 Å². The van der Waals surface area contributed by atoms with Gasteiger partial charge < -0.3 is 5.11 Å². The first-order chi connectivity index (χ1) is 5.61. The summed E-state index contributed by atoms with van der Waals surface area (Å²) in [6.07, 6.45) is 6.07. The van der Waals surface area contributed by atoms with Crippen LogP contribution >= 0.6 is 0 Å². The van der Waals surface area contributed by atoms with Crippen molar-refractivity contribution >= 4 is 0 Å². The van der Waals surface area contributed by atoms with Crippen molar-refractivity contribution in [3.8, 4) is 0 Å². The average Bonchev–Trinajstić information content (AvgIpc) is 2.05. The van der Waals surface area contributed by atoms with Crippen LogP contribution in [0.15, 0.2) is 24.8 Å². The zero-order chi connectivity index (χ0) is 9.19. The molecule has 2 unspecified atom stereocenters. The Morgan fingerprint density at radius 3 is 2.67 bits per heavy atom. The second-order valence-corrected chi connectivity index (χ2v) is 3.79. The zero-order valence-electron chi connectivity index (χ0n) is 7.84. The molecule has 1 rings (SSSR count). The lowest BCUT2D eigenvalue weighted by atomic mass is 9.72. The summed E-state index contributed by atoms with van der Waals surface area (Å²) < 4.78 is 0. The first kappa shape index (κ1) is 9.53. The molecule has 0 bridgehead atoms. The molecular weight excluding hydrogens is 148 g/mol. The SMILES string of the molecule is C=CC1CCCCC1(O)C(=C)C. The maximum atomic E-state index is 10.2. The number of hydrogen-bond acceptors (Lipinski definition) is 1. The summed E-state index contributed by atoms with van der Waals surface area (Å²) >= 11 is 0. The van der Waals surface area contributed by atoms with Gasteiger partial charge in [0, 0.05) is 5.92 Å². The maximum Gasteiger partial charge on any atom is 0.0913 e. The lowest BCUT2D eigenvalue weighted by Gasteiger charge is -2.39. The van der Waals surface area contributed by atoms with Gasteiger partial charge in [-0.25, -0.2) is 0 Å². The van der Waals surface area contributed by atoms with Crippen LogP contribution in [0.3, 0.4) is 0 Å². The van der Waals surface area contributed by atoms with Crippen LogP contribution in [0.1, 0.15) is 32.6 Å². The summed E-state index contributed by atoms with van der Waals surface area (Å²) in [5.41, 5.74) is 0.215. The molecule has 0 saturated heterocycles. The maximum absolute atomic E-state index is 10.2. The van der Waals surface area contributed by atoms with Gasteiger partial charge in [-0.15, -0.1) is 6.58 Å². The minimum absolute atomic E-state index is 0.212. The van der Waals surface area contributed by atoms with E-state index in [2.05, 4.69) is 13.2 Å². The molecule has 1 heteroatoms. The Morgan fingerprint density at radius 2 is 2.25 bits per heavy atom. The molecule has 0 heterocycles.